The number of benzene rings is 2. The van der Waals surface area contributed by atoms with Crippen LogP contribution < -0.4 is 15.0 Å². The Bertz CT molecular complexity index is 1280. The number of non-ortho nitro benzene ring substituents is 1. The summed E-state index contributed by atoms with van der Waals surface area (Å²) in [5.74, 6) is -0.636. The first kappa shape index (κ1) is 24.7. The number of barbiturate groups is 1. The van der Waals surface area contributed by atoms with Gasteiger partial charge in [-0.25, -0.2) is 4.79 Å². The van der Waals surface area contributed by atoms with E-state index >= 15 is 0 Å². The smallest absolute Gasteiger partial charge is 0.330 e. The first-order valence-electron chi connectivity index (χ1n) is 12.2. The van der Waals surface area contributed by atoms with E-state index in [2.05, 4.69) is 5.32 Å². The number of nitro groups is 1. The minimum absolute atomic E-state index is 0.0617. The van der Waals surface area contributed by atoms with Gasteiger partial charge in [-0.2, -0.15) is 0 Å². The van der Waals surface area contributed by atoms with Gasteiger partial charge in [0.1, 0.15) is 5.75 Å². The molecule has 2 aromatic rings. The van der Waals surface area contributed by atoms with E-state index in [0.717, 1.165) is 16.2 Å². The molecule has 0 radical (unpaired) electrons. The van der Waals surface area contributed by atoms with Gasteiger partial charge in [0.2, 0.25) is 11.8 Å². The molecule has 0 aliphatic carbocycles. The summed E-state index contributed by atoms with van der Waals surface area (Å²) in [6, 6.07) is 10.3. The molecule has 0 bridgehead atoms. The lowest BCUT2D eigenvalue weighted by Gasteiger charge is -2.56. The molecule has 1 N–H and O–H groups in total. The van der Waals surface area contributed by atoms with E-state index in [1.165, 1.54) is 12.1 Å². The van der Waals surface area contributed by atoms with Gasteiger partial charge in [-0.3, -0.25) is 29.9 Å². The summed E-state index contributed by atoms with van der Waals surface area (Å²) in [7, 11) is 1.57. The molecule has 11 nitrogen and oxygen atoms in total. The SMILES string of the molecule is COc1ccc(CCN2C(=O)NC(=O)[C@]3(Cc4cc([N+](=O)[O-])ccc4N4C[C@H](C)O[C@@H](C)[C@@H]43)C2=O)cc1. The van der Waals surface area contributed by atoms with Crippen molar-refractivity contribution in [3.8, 4) is 5.75 Å². The molecule has 0 aromatic heterocycles. The number of rotatable bonds is 5. The number of fused-ring (bicyclic) bond motifs is 4. The van der Waals surface area contributed by atoms with Crippen molar-refractivity contribution in [3.63, 3.8) is 0 Å². The fraction of sp³-hybridized carbons (Fsp3) is 0.423. The van der Waals surface area contributed by atoms with Crippen LogP contribution in [0.3, 0.4) is 0 Å². The molecule has 0 saturated carbocycles. The van der Waals surface area contributed by atoms with Gasteiger partial charge < -0.3 is 14.4 Å². The summed E-state index contributed by atoms with van der Waals surface area (Å²) in [5.41, 5.74) is 0.320. The van der Waals surface area contributed by atoms with Crippen LogP contribution in [0.4, 0.5) is 16.2 Å². The molecule has 2 saturated heterocycles. The van der Waals surface area contributed by atoms with Crippen LogP contribution >= 0.6 is 0 Å². The Labute approximate surface area is 213 Å². The molecule has 3 aliphatic heterocycles. The van der Waals surface area contributed by atoms with E-state index < -0.39 is 40.3 Å². The number of nitro benzene ring substituents is 1. The van der Waals surface area contributed by atoms with Gasteiger partial charge in [0, 0.05) is 37.3 Å². The second kappa shape index (κ2) is 9.15. The molecule has 37 heavy (non-hydrogen) atoms. The van der Waals surface area contributed by atoms with Crippen LogP contribution in [-0.4, -0.2) is 66.1 Å². The van der Waals surface area contributed by atoms with Crippen LogP contribution in [0.1, 0.15) is 25.0 Å². The number of imide groups is 2. The molecule has 2 fully saturated rings. The molecule has 1 spiro atoms. The van der Waals surface area contributed by atoms with Crippen LogP contribution in [0.25, 0.3) is 0 Å². The summed E-state index contributed by atoms with van der Waals surface area (Å²) >= 11 is 0. The first-order valence-corrected chi connectivity index (χ1v) is 12.2. The topological polar surface area (TPSA) is 131 Å². The molecule has 194 valence electrons. The van der Waals surface area contributed by atoms with Gasteiger partial charge in [-0.15, -0.1) is 0 Å². The highest BCUT2D eigenvalue weighted by Crippen LogP contribution is 2.48. The fourth-order valence-electron chi connectivity index (χ4n) is 5.91. The summed E-state index contributed by atoms with van der Waals surface area (Å²) in [6.45, 7) is 4.16. The quantitative estimate of drug-likeness (QED) is 0.370. The number of anilines is 1. The highest BCUT2D eigenvalue weighted by molar-refractivity contribution is 6.20. The minimum Gasteiger partial charge on any atom is -0.497 e. The highest BCUT2D eigenvalue weighted by Gasteiger charge is 2.64. The van der Waals surface area contributed by atoms with Gasteiger partial charge in [0.15, 0.2) is 5.41 Å². The number of ether oxygens (including phenoxy) is 2. The van der Waals surface area contributed by atoms with E-state index in [-0.39, 0.29) is 24.8 Å². The molecule has 0 unspecified atom stereocenters. The number of morpholine rings is 1. The summed E-state index contributed by atoms with van der Waals surface area (Å²) < 4.78 is 11.3. The van der Waals surface area contributed by atoms with Gasteiger partial charge in [0.05, 0.1) is 30.3 Å². The van der Waals surface area contributed by atoms with Crippen molar-refractivity contribution in [2.24, 2.45) is 5.41 Å². The Hall–Kier alpha value is -3.99. The number of nitrogens with one attached hydrogen (secondary N) is 1. The van der Waals surface area contributed by atoms with Crippen molar-refractivity contribution in [3.05, 3.63) is 63.7 Å². The number of hydrogen-bond donors (Lipinski definition) is 1. The van der Waals surface area contributed by atoms with Crippen molar-refractivity contribution in [1.82, 2.24) is 10.2 Å². The average molecular weight is 509 g/mol. The molecule has 5 rings (SSSR count). The third-order valence-electron chi connectivity index (χ3n) is 7.52. The van der Waals surface area contributed by atoms with Crippen LogP contribution in [0, 0.1) is 15.5 Å². The molecule has 4 amide bonds. The maximum absolute atomic E-state index is 14.2. The lowest BCUT2D eigenvalue weighted by atomic mass is 9.66. The van der Waals surface area contributed by atoms with Crippen molar-refractivity contribution in [2.45, 2.75) is 44.9 Å². The fourth-order valence-corrected chi connectivity index (χ4v) is 5.91. The van der Waals surface area contributed by atoms with Crippen molar-refractivity contribution >= 4 is 29.2 Å². The predicted octanol–water partition coefficient (Wildman–Crippen LogP) is 2.45. The van der Waals surface area contributed by atoms with Crippen LogP contribution in [0.15, 0.2) is 42.5 Å². The third-order valence-corrected chi connectivity index (χ3v) is 7.52. The third kappa shape index (κ3) is 3.99. The minimum atomic E-state index is -1.68. The standard InChI is InChI=1S/C26H28N4O7/c1-15-14-29-21-9-6-19(30(34)35)12-18(21)13-26(22(29)16(2)37-15)23(31)27-25(33)28(24(26)32)11-10-17-4-7-20(36-3)8-5-17/h4-9,12,15-16,22H,10-11,13-14H2,1-3H3,(H,27,31,33)/t15-,16-,22+,26+/m0/s1. The Morgan fingerprint density at radius 1 is 1.16 bits per heavy atom. The van der Waals surface area contributed by atoms with Gasteiger partial charge in [-0.05, 0) is 49.6 Å². The zero-order valence-corrected chi connectivity index (χ0v) is 20.8. The first-order chi connectivity index (χ1) is 17.6. The average Bonchev–Trinajstić information content (AvgIpc) is 2.87. The number of hydrogen-bond acceptors (Lipinski definition) is 8. The van der Waals surface area contributed by atoms with Crippen molar-refractivity contribution < 1.29 is 28.8 Å². The molecule has 11 heteroatoms. The molecule has 4 atom stereocenters. The molecule has 2 aromatic carbocycles. The monoisotopic (exact) mass is 508 g/mol. The van der Waals surface area contributed by atoms with E-state index in [1.807, 2.05) is 30.9 Å². The Morgan fingerprint density at radius 3 is 2.57 bits per heavy atom. The van der Waals surface area contributed by atoms with Gasteiger partial charge in [0.25, 0.3) is 5.69 Å². The van der Waals surface area contributed by atoms with Crippen molar-refractivity contribution in [1.29, 1.82) is 0 Å². The van der Waals surface area contributed by atoms with E-state index in [0.29, 0.717) is 24.3 Å². The van der Waals surface area contributed by atoms with E-state index in [9.17, 15) is 24.5 Å². The van der Waals surface area contributed by atoms with E-state index in [1.54, 1.807) is 25.3 Å². The van der Waals surface area contributed by atoms with E-state index in [4.69, 9.17) is 9.47 Å². The lowest BCUT2D eigenvalue weighted by molar-refractivity contribution is -0.384. The predicted molar refractivity (Wildman–Crippen MR) is 132 cm³/mol. The Balaban J connectivity index is 1.54. The largest absolute Gasteiger partial charge is 0.497 e. The number of carbonyl (C=O) groups is 3. The molecular formula is C26H28N4O7. The Kier molecular flexibility index (Phi) is 6.10. The number of methoxy groups -OCH3 is 1. The number of carbonyl (C=O) groups excluding carboxylic acids is 3. The number of urea groups is 1. The molecule has 3 aliphatic rings. The summed E-state index contributed by atoms with van der Waals surface area (Å²) in [5, 5.41) is 13.9. The molecule has 3 heterocycles. The van der Waals surface area contributed by atoms with Gasteiger partial charge in [-0.1, -0.05) is 12.1 Å². The van der Waals surface area contributed by atoms with Crippen LogP contribution in [0.5, 0.6) is 5.75 Å². The normalized spacial score (nSPS) is 27.0. The zero-order chi connectivity index (χ0) is 26.5. The summed E-state index contributed by atoms with van der Waals surface area (Å²) in [4.78, 5) is 54.6. The van der Waals surface area contributed by atoms with Crippen LogP contribution in [0.2, 0.25) is 0 Å². The Morgan fingerprint density at radius 2 is 1.89 bits per heavy atom. The van der Waals surface area contributed by atoms with Crippen molar-refractivity contribution in [2.75, 3.05) is 25.1 Å². The lowest BCUT2D eigenvalue weighted by Crippen LogP contribution is -2.75. The maximum atomic E-state index is 14.2. The number of amides is 4. The zero-order valence-electron chi connectivity index (χ0n) is 20.8. The maximum Gasteiger partial charge on any atom is 0.330 e. The van der Waals surface area contributed by atoms with Crippen LogP contribution in [-0.2, 0) is 27.2 Å². The number of nitrogens with zero attached hydrogens (tertiary/aromatic N) is 3. The second-order valence-corrected chi connectivity index (χ2v) is 9.78. The molecular weight excluding hydrogens is 480 g/mol. The second-order valence-electron chi connectivity index (χ2n) is 9.78. The van der Waals surface area contributed by atoms with Gasteiger partial charge >= 0.3 is 6.03 Å². The highest BCUT2D eigenvalue weighted by atomic mass is 16.6. The summed E-state index contributed by atoms with van der Waals surface area (Å²) in [6.07, 6.45) is -0.408.